The standard InChI is InChI=1S/C12H17NO2S/c14-16(15)12-7-5-11(6-8-12)13-9-3-1-2-4-10-13/h5-8H,1-4,9-10H2,(H,14,15). The quantitative estimate of drug-likeness (QED) is 0.807. The molecule has 1 heterocycles. The molecular formula is C12H17NO2S. The van der Waals surface area contributed by atoms with Gasteiger partial charge in [0, 0.05) is 18.8 Å². The smallest absolute Gasteiger partial charge is 0.186 e. The molecular weight excluding hydrogens is 222 g/mol. The Hall–Kier alpha value is -0.870. The van der Waals surface area contributed by atoms with Crippen LogP contribution in [0.15, 0.2) is 29.2 Å². The van der Waals surface area contributed by atoms with Crippen LogP contribution in [0.25, 0.3) is 0 Å². The first-order chi connectivity index (χ1) is 7.77. The van der Waals surface area contributed by atoms with Crippen molar-refractivity contribution in [1.29, 1.82) is 0 Å². The molecule has 1 aromatic carbocycles. The minimum absolute atomic E-state index is 0.471. The SMILES string of the molecule is O=S(O)c1ccc(N2CCCCCC2)cc1. The molecule has 0 aromatic heterocycles. The summed E-state index contributed by atoms with van der Waals surface area (Å²) in [5.41, 5.74) is 1.16. The van der Waals surface area contributed by atoms with Gasteiger partial charge in [-0.15, -0.1) is 0 Å². The van der Waals surface area contributed by atoms with Crippen molar-refractivity contribution in [2.45, 2.75) is 30.6 Å². The summed E-state index contributed by atoms with van der Waals surface area (Å²) in [6.45, 7) is 2.20. The van der Waals surface area contributed by atoms with Crippen molar-refractivity contribution in [2.75, 3.05) is 18.0 Å². The summed E-state index contributed by atoms with van der Waals surface area (Å²) in [5.74, 6) is 0. The second-order valence-electron chi connectivity index (χ2n) is 4.14. The minimum atomic E-state index is -1.86. The maximum atomic E-state index is 10.8. The van der Waals surface area contributed by atoms with E-state index in [-0.39, 0.29) is 0 Å². The monoisotopic (exact) mass is 239 g/mol. The number of anilines is 1. The molecule has 16 heavy (non-hydrogen) atoms. The lowest BCUT2D eigenvalue weighted by atomic mass is 10.2. The van der Waals surface area contributed by atoms with Gasteiger partial charge in [0.25, 0.3) is 0 Å². The summed E-state index contributed by atoms with van der Waals surface area (Å²) in [6, 6.07) is 7.34. The van der Waals surface area contributed by atoms with Crippen LogP contribution in [-0.4, -0.2) is 21.9 Å². The normalized spacial score (nSPS) is 19.2. The predicted molar refractivity (Wildman–Crippen MR) is 66.2 cm³/mol. The number of hydrogen-bond donors (Lipinski definition) is 1. The zero-order valence-electron chi connectivity index (χ0n) is 9.26. The van der Waals surface area contributed by atoms with Gasteiger partial charge in [-0.3, -0.25) is 0 Å². The molecule has 3 nitrogen and oxygen atoms in total. The number of rotatable bonds is 2. The molecule has 1 aromatic rings. The lowest BCUT2D eigenvalue weighted by Gasteiger charge is -2.22. The highest BCUT2D eigenvalue weighted by molar-refractivity contribution is 7.79. The van der Waals surface area contributed by atoms with Crippen LogP contribution in [0.4, 0.5) is 5.69 Å². The molecule has 1 aliphatic heterocycles. The zero-order valence-corrected chi connectivity index (χ0v) is 10.1. The molecule has 0 spiro atoms. The molecule has 0 aliphatic carbocycles. The van der Waals surface area contributed by atoms with Crippen LogP contribution in [0.2, 0.25) is 0 Å². The first kappa shape index (κ1) is 11.6. The summed E-state index contributed by atoms with van der Waals surface area (Å²) in [7, 11) is 0. The summed E-state index contributed by atoms with van der Waals surface area (Å²) >= 11 is -1.86. The van der Waals surface area contributed by atoms with E-state index in [0.29, 0.717) is 4.90 Å². The van der Waals surface area contributed by atoms with Crippen LogP contribution in [0.1, 0.15) is 25.7 Å². The fourth-order valence-corrected chi connectivity index (χ4v) is 2.47. The van der Waals surface area contributed by atoms with E-state index in [1.807, 2.05) is 12.1 Å². The van der Waals surface area contributed by atoms with Gasteiger partial charge in [0.1, 0.15) is 0 Å². The van der Waals surface area contributed by atoms with E-state index in [1.54, 1.807) is 12.1 Å². The van der Waals surface area contributed by atoms with Gasteiger partial charge in [0.05, 0.1) is 4.90 Å². The fourth-order valence-electron chi connectivity index (χ4n) is 2.10. The first-order valence-electron chi connectivity index (χ1n) is 5.73. The van der Waals surface area contributed by atoms with Crippen LogP contribution in [0.3, 0.4) is 0 Å². The zero-order chi connectivity index (χ0) is 11.4. The lowest BCUT2D eigenvalue weighted by molar-refractivity contribution is 0.564. The number of hydrogen-bond acceptors (Lipinski definition) is 2. The van der Waals surface area contributed by atoms with E-state index in [2.05, 4.69) is 4.90 Å². The van der Waals surface area contributed by atoms with Gasteiger partial charge in [-0.25, -0.2) is 4.21 Å². The Kier molecular flexibility index (Phi) is 3.96. The highest BCUT2D eigenvalue weighted by Gasteiger charge is 2.10. The molecule has 1 unspecified atom stereocenters. The van der Waals surface area contributed by atoms with Crippen LogP contribution in [0, 0.1) is 0 Å². The Morgan fingerprint density at radius 1 is 1.00 bits per heavy atom. The van der Waals surface area contributed by atoms with Gasteiger partial charge < -0.3 is 9.45 Å². The molecule has 1 saturated heterocycles. The van der Waals surface area contributed by atoms with E-state index < -0.39 is 11.1 Å². The molecule has 1 atom stereocenters. The number of nitrogens with zero attached hydrogens (tertiary/aromatic N) is 1. The summed E-state index contributed by atoms with van der Waals surface area (Å²) < 4.78 is 19.8. The Morgan fingerprint density at radius 3 is 2.06 bits per heavy atom. The third-order valence-corrected chi connectivity index (χ3v) is 3.68. The lowest BCUT2D eigenvalue weighted by Crippen LogP contribution is -2.23. The summed E-state index contributed by atoms with van der Waals surface area (Å²) in [6.07, 6.45) is 5.12. The van der Waals surface area contributed by atoms with Crippen molar-refractivity contribution >= 4 is 16.8 Å². The van der Waals surface area contributed by atoms with Crippen LogP contribution in [-0.2, 0) is 11.1 Å². The highest BCUT2D eigenvalue weighted by atomic mass is 32.2. The Bertz CT molecular complexity index is 356. The van der Waals surface area contributed by atoms with Crippen molar-refractivity contribution < 1.29 is 8.76 Å². The Balaban J connectivity index is 2.10. The van der Waals surface area contributed by atoms with Gasteiger partial charge in [0.15, 0.2) is 11.1 Å². The van der Waals surface area contributed by atoms with E-state index in [0.717, 1.165) is 18.8 Å². The predicted octanol–water partition coefficient (Wildman–Crippen LogP) is 2.65. The third kappa shape index (κ3) is 2.83. The second-order valence-corrected chi connectivity index (χ2v) is 5.11. The molecule has 0 radical (unpaired) electrons. The van der Waals surface area contributed by atoms with Crippen molar-refractivity contribution in [3.63, 3.8) is 0 Å². The maximum absolute atomic E-state index is 10.8. The molecule has 0 bridgehead atoms. The molecule has 0 amide bonds. The average molecular weight is 239 g/mol. The second kappa shape index (κ2) is 5.46. The Labute approximate surface area is 98.8 Å². The van der Waals surface area contributed by atoms with Crippen molar-refractivity contribution in [1.82, 2.24) is 0 Å². The van der Waals surface area contributed by atoms with E-state index >= 15 is 0 Å². The molecule has 1 aliphatic rings. The molecule has 2 rings (SSSR count). The van der Waals surface area contributed by atoms with E-state index in [4.69, 9.17) is 4.55 Å². The molecule has 0 saturated carbocycles. The van der Waals surface area contributed by atoms with Gasteiger partial charge in [-0.1, -0.05) is 12.8 Å². The third-order valence-electron chi connectivity index (χ3n) is 3.01. The van der Waals surface area contributed by atoms with Gasteiger partial charge in [-0.05, 0) is 37.1 Å². The number of benzene rings is 1. The van der Waals surface area contributed by atoms with E-state index in [1.165, 1.54) is 25.7 Å². The maximum Gasteiger partial charge on any atom is 0.186 e. The fraction of sp³-hybridized carbons (Fsp3) is 0.500. The van der Waals surface area contributed by atoms with Crippen LogP contribution in [0.5, 0.6) is 0 Å². The Morgan fingerprint density at radius 2 is 1.56 bits per heavy atom. The van der Waals surface area contributed by atoms with Gasteiger partial charge in [0.2, 0.25) is 0 Å². The largest absolute Gasteiger partial charge is 0.372 e. The summed E-state index contributed by atoms with van der Waals surface area (Å²) in [5, 5.41) is 0. The molecule has 1 N–H and O–H groups in total. The molecule has 88 valence electrons. The average Bonchev–Trinajstić information content (AvgIpc) is 2.57. The van der Waals surface area contributed by atoms with Gasteiger partial charge >= 0.3 is 0 Å². The minimum Gasteiger partial charge on any atom is -0.372 e. The van der Waals surface area contributed by atoms with E-state index in [9.17, 15) is 4.21 Å². The van der Waals surface area contributed by atoms with Crippen molar-refractivity contribution in [3.05, 3.63) is 24.3 Å². The molecule has 4 heteroatoms. The van der Waals surface area contributed by atoms with Crippen LogP contribution >= 0.6 is 0 Å². The highest BCUT2D eigenvalue weighted by Crippen LogP contribution is 2.20. The molecule has 1 fully saturated rings. The van der Waals surface area contributed by atoms with Crippen molar-refractivity contribution in [2.24, 2.45) is 0 Å². The van der Waals surface area contributed by atoms with Crippen LogP contribution < -0.4 is 4.90 Å². The summed E-state index contributed by atoms with van der Waals surface area (Å²) in [4.78, 5) is 2.83. The topological polar surface area (TPSA) is 40.5 Å². The van der Waals surface area contributed by atoms with Crippen molar-refractivity contribution in [3.8, 4) is 0 Å². The van der Waals surface area contributed by atoms with Gasteiger partial charge in [-0.2, -0.15) is 0 Å². The first-order valence-corrected chi connectivity index (χ1v) is 6.84.